The smallest absolute Gasteiger partial charge is 0.335 e. The van der Waals surface area contributed by atoms with Crippen LogP contribution in [0.5, 0.6) is 0 Å². The second kappa shape index (κ2) is 7.97. The highest BCUT2D eigenvalue weighted by Gasteiger charge is 2.10. The van der Waals surface area contributed by atoms with E-state index in [1.165, 1.54) is 31.5 Å². The number of likely N-dealkylation sites (tertiary alicyclic amines) is 1. The summed E-state index contributed by atoms with van der Waals surface area (Å²) in [5.74, 6) is -0.890. The van der Waals surface area contributed by atoms with Gasteiger partial charge in [-0.1, -0.05) is 24.3 Å². The summed E-state index contributed by atoms with van der Waals surface area (Å²) in [7, 11) is 0. The molecule has 3 rings (SSSR count). The summed E-state index contributed by atoms with van der Waals surface area (Å²) >= 11 is 0. The van der Waals surface area contributed by atoms with E-state index in [4.69, 9.17) is 5.11 Å². The SMILES string of the molecule is O=C(O)c1ccc(CNc2ccc(CCN3CCCC3)cc2)cc1. The fourth-order valence-corrected chi connectivity index (χ4v) is 3.05. The van der Waals surface area contributed by atoms with E-state index in [1.54, 1.807) is 12.1 Å². The number of carboxylic acids is 1. The summed E-state index contributed by atoms with van der Waals surface area (Å²) < 4.78 is 0. The Kier molecular flexibility index (Phi) is 5.49. The second-order valence-corrected chi connectivity index (χ2v) is 6.35. The Morgan fingerprint density at radius 1 is 0.958 bits per heavy atom. The molecule has 1 saturated heterocycles. The first-order valence-corrected chi connectivity index (χ1v) is 8.58. The van der Waals surface area contributed by atoms with Gasteiger partial charge in [0.1, 0.15) is 0 Å². The predicted octanol–water partition coefficient (Wildman–Crippen LogP) is 3.64. The predicted molar refractivity (Wildman–Crippen MR) is 96.5 cm³/mol. The fourth-order valence-electron chi connectivity index (χ4n) is 3.05. The number of rotatable bonds is 7. The van der Waals surface area contributed by atoms with E-state index in [9.17, 15) is 4.79 Å². The van der Waals surface area contributed by atoms with Crippen molar-refractivity contribution in [1.82, 2.24) is 4.90 Å². The van der Waals surface area contributed by atoms with Gasteiger partial charge in [0.25, 0.3) is 0 Å². The Morgan fingerprint density at radius 2 is 1.58 bits per heavy atom. The van der Waals surface area contributed by atoms with Crippen molar-refractivity contribution in [1.29, 1.82) is 0 Å². The summed E-state index contributed by atoms with van der Waals surface area (Å²) in [6, 6.07) is 15.6. The standard InChI is InChI=1S/C20H24N2O2/c23-20(24)18-7-3-17(4-8-18)15-21-19-9-5-16(6-10-19)11-14-22-12-1-2-13-22/h3-10,21H,1-2,11-15H2,(H,23,24). The molecule has 2 aromatic carbocycles. The van der Waals surface area contributed by atoms with Gasteiger partial charge in [0.15, 0.2) is 0 Å². The van der Waals surface area contributed by atoms with Crippen LogP contribution in [0.25, 0.3) is 0 Å². The van der Waals surface area contributed by atoms with Gasteiger partial charge in [-0.2, -0.15) is 0 Å². The number of hydrogen-bond donors (Lipinski definition) is 2. The van der Waals surface area contributed by atoms with E-state index >= 15 is 0 Å². The minimum atomic E-state index is -0.890. The molecule has 1 fully saturated rings. The molecule has 24 heavy (non-hydrogen) atoms. The van der Waals surface area contributed by atoms with Crippen LogP contribution in [-0.4, -0.2) is 35.6 Å². The lowest BCUT2D eigenvalue weighted by molar-refractivity contribution is 0.0697. The van der Waals surface area contributed by atoms with Crippen LogP contribution in [0.4, 0.5) is 5.69 Å². The summed E-state index contributed by atoms with van der Waals surface area (Å²) in [4.78, 5) is 13.4. The number of nitrogens with zero attached hydrogens (tertiary/aromatic N) is 1. The Bertz CT molecular complexity index is 659. The molecule has 0 atom stereocenters. The number of nitrogens with one attached hydrogen (secondary N) is 1. The van der Waals surface area contributed by atoms with Gasteiger partial charge < -0.3 is 15.3 Å². The molecule has 1 aliphatic rings. The molecule has 0 saturated carbocycles. The van der Waals surface area contributed by atoms with Crippen molar-refractivity contribution < 1.29 is 9.90 Å². The number of aromatic carboxylic acids is 1. The number of benzene rings is 2. The number of anilines is 1. The lowest BCUT2D eigenvalue weighted by Crippen LogP contribution is -2.21. The maximum Gasteiger partial charge on any atom is 0.335 e. The Balaban J connectivity index is 1.47. The molecule has 0 bridgehead atoms. The summed E-state index contributed by atoms with van der Waals surface area (Å²) in [5.41, 5.74) is 3.85. The first-order chi connectivity index (χ1) is 11.7. The van der Waals surface area contributed by atoms with Gasteiger partial charge in [0.2, 0.25) is 0 Å². The third-order valence-electron chi connectivity index (χ3n) is 4.57. The molecule has 2 N–H and O–H groups in total. The van der Waals surface area contributed by atoms with Gasteiger partial charge >= 0.3 is 5.97 Å². The van der Waals surface area contributed by atoms with Crippen molar-refractivity contribution >= 4 is 11.7 Å². The van der Waals surface area contributed by atoms with E-state index in [0.29, 0.717) is 12.1 Å². The topological polar surface area (TPSA) is 52.6 Å². The molecule has 126 valence electrons. The minimum Gasteiger partial charge on any atom is -0.478 e. The third-order valence-corrected chi connectivity index (χ3v) is 4.57. The average Bonchev–Trinajstić information content (AvgIpc) is 3.13. The van der Waals surface area contributed by atoms with E-state index in [2.05, 4.69) is 34.5 Å². The first kappa shape index (κ1) is 16.5. The molecule has 0 spiro atoms. The molecule has 1 aliphatic heterocycles. The maximum absolute atomic E-state index is 10.8. The van der Waals surface area contributed by atoms with Crippen LogP contribution in [0.1, 0.15) is 34.3 Å². The maximum atomic E-state index is 10.8. The van der Waals surface area contributed by atoms with Crippen LogP contribution in [0.3, 0.4) is 0 Å². The second-order valence-electron chi connectivity index (χ2n) is 6.35. The van der Waals surface area contributed by atoms with Gasteiger partial charge in [-0.25, -0.2) is 4.79 Å². The van der Waals surface area contributed by atoms with E-state index in [1.807, 2.05) is 12.1 Å². The summed E-state index contributed by atoms with van der Waals surface area (Å²) in [6.07, 6.45) is 3.80. The fraction of sp³-hybridized carbons (Fsp3) is 0.350. The van der Waals surface area contributed by atoms with Gasteiger partial charge in [0.05, 0.1) is 5.56 Å². The molecular weight excluding hydrogens is 300 g/mol. The zero-order chi connectivity index (χ0) is 16.8. The number of carboxylic acid groups (broad SMARTS) is 1. The van der Waals surface area contributed by atoms with Crippen LogP contribution in [0, 0.1) is 0 Å². The molecule has 4 nitrogen and oxygen atoms in total. The van der Waals surface area contributed by atoms with Crippen LogP contribution in [0.2, 0.25) is 0 Å². The summed E-state index contributed by atoms with van der Waals surface area (Å²) in [5, 5.41) is 12.3. The highest BCUT2D eigenvalue weighted by molar-refractivity contribution is 5.87. The van der Waals surface area contributed by atoms with E-state index < -0.39 is 5.97 Å². The van der Waals surface area contributed by atoms with Crippen molar-refractivity contribution in [2.75, 3.05) is 25.0 Å². The lowest BCUT2D eigenvalue weighted by atomic mass is 10.1. The van der Waals surface area contributed by atoms with Crippen molar-refractivity contribution in [2.45, 2.75) is 25.8 Å². The van der Waals surface area contributed by atoms with Gasteiger partial charge in [-0.15, -0.1) is 0 Å². The molecular formula is C20H24N2O2. The summed E-state index contributed by atoms with van der Waals surface area (Å²) in [6.45, 7) is 4.34. The van der Waals surface area contributed by atoms with Gasteiger partial charge in [-0.3, -0.25) is 0 Å². The molecule has 0 unspecified atom stereocenters. The zero-order valence-corrected chi connectivity index (χ0v) is 13.9. The van der Waals surface area contributed by atoms with Crippen molar-refractivity contribution in [3.63, 3.8) is 0 Å². The first-order valence-electron chi connectivity index (χ1n) is 8.58. The van der Waals surface area contributed by atoms with E-state index in [-0.39, 0.29) is 0 Å². The van der Waals surface area contributed by atoms with Crippen molar-refractivity contribution in [3.8, 4) is 0 Å². The quantitative estimate of drug-likeness (QED) is 0.816. The average molecular weight is 324 g/mol. The van der Waals surface area contributed by atoms with Crippen LogP contribution < -0.4 is 5.32 Å². The highest BCUT2D eigenvalue weighted by atomic mass is 16.4. The monoisotopic (exact) mass is 324 g/mol. The number of carbonyl (C=O) groups is 1. The Morgan fingerprint density at radius 3 is 2.21 bits per heavy atom. The Hall–Kier alpha value is -2.33. The van der Waals surface area contributed by atoms with Crippen LogP contribution in [0.15, 0.2) is 48.5 Å². The van der Waals surface area contributed by atoms with Crippen molar-refractivity contribution in [3.05, 3.63) is 65.2 Å². The van der Waals surface area contributed by atoms with Gasteiger partial charge in [0, 0.05) is 18.8 Å². The van der Waals surface area contributed by atoms with Crippen LogP contribution in [-0.2, 0) is 13.0 Å². The lowest BCUT2D eigenvalue weighted by Gasteiger charge is -2.14. The normalized spacial score (nSPS) is 14.7. The van der Waals surface area contributed by atoms with Crippen molar-refractivity contribution in [2.24, 2.45) is 0 Å². The molecule has 0 amide bonds. The van der Waals surface area contributed by atoms with Gasteiger partial charge in [-0.05, 0) is 67.7 Å². The molecule has 0 radical (unpaired) electrons. The van der Waals surface area contributed by atoms with Crippen LogP contribution >= 0.6 is 0 Å². The molecule has 0 aliphatic carbocycles. The Labute approximate surface area is 143 Å². The molecule has 1 heterocycles. The minimum absolute atomic E-state index is 0.320. The van der Waals surface area contributed by atoms with E-state index in [0.717, 1.165) is 24.2 Å². The molecule has 4 heteroatoms. The molecule has 2 aromatic rings. The zero-order valence-electron chi connectivity index (χ0n) is 13.9. The third kappa shape index (κ3) is 4.59. The number of hydrogen-bond acceptors (Lipinski definition) is 3. The largest absolute Gasteiger partial charge is 0.478 e. The molecule has 0 aromatic heterocycles. The highest BCUT2D eigenvalue weighted by Crippen LogP contribution is 2.14.